The van der Waals surface area contributed by atoms with Crippen LogP contribution in [0.2, 0.25) is 0 Å². The average Bonchev–Trinajstić information content (AvgIpc) is 3.52. The van der Waals surface area contributed by atoms with Crippen molar-refractivity contribution in [2.24, 2.45) is 5.92 Å². The smallest absolute Gasteiger partial charge is 0.262 e. The topological polar surface area (TPSA) is 76.7 Å². The molecule has 0 heterocycles. The molecule has 6 heteroatoms. The van der Waals surface area contributed by atoms with Gasteiger partial charge in [-0.2, -0.15) is 0 Å². The number of rotatable bonds is 9. The second-order valence-corrected chi connectivity index (χ2v) is 6.50. The molecule has 2 aromatic rings. The molecule has 0 atom stereocenters. The number of carbonyl (C=O) groups excluding carboxylic acids is 2. The summed E-state index contributed by atoms with van der Waals surface area (Å²) in [6, 6.07) is 14.2. The zero-order valence-electron chi connectivity index (χ0n) is 15.4. The molecule has 0 radical (unpaired) electrons. The molecule has 1 aliphatic rings. The van der Waals surface area contributed by atoms with Gasteiger partial charge in [0.05, 0.1) is 6.61 Å². The van der Waals surface area contributed by atoms with E-state index in [0.717, 1.165) is 30.7 Å². The van der Waals surface area contributed by atoms with Crippen LogP contribution in [0.15, 0.2) is 48.5 Å². The van der Waals surface area contributed by atoms with Gasteiger partial charge in [0, 0.05) is 17.3 Å². The van der Waals surface area contributed by atoms with E-state index in [1.165, 1.54) is 0 Å². The lowest BCUT2D eigenvalue weighted by Crippen LogP contribution is -2.20. The lowest BCUT2D eigenvalue weighted by atomic mass is 10.2. The van der Waals surface area contributed by atoms with Gasteiger partial charge in [-0.1, -0.05) is 6.92 Å². The van der Waals surface area contributed by atoms with Crippen molar-refractivity contribution in [2.75, 3.05) is 23.8 Å². The van der Waals surface area contributed by atoms with Crippen LogP contribution in [0.5, 0.6) is 11.5 Å². The molecule has 2 aromatic carbocycles. The van der Waals surface area contributed by atoms with Gasteiger partial charge < -0.3 is 20.1 Å². The van der Waals surface area contributed by atoms with Gasteiger partial charge in [0.25, 0.3) is 5.91 Å². The van der Waals surface area contributed by atoms with E-state index in [-0.39, 0.29) is 24.3 Å². The minimum atomic E-state index is -0.254. The van der Waals surface area contributed by atoms with Gasteiger partial charge in [0.15, 0.2) is 6.61 Å². The van der Waals surface area contributed by atoms with Crippen LogP contribution < -0.4 is 20.1 Å². The predicted molar refractivity (Wildman–Crippen MR) is 104 cm³/mol. The first-order valence-corrected chi connectivity index (χ1v) is 9.20. The van der Waals surface area contributed by atoms with Gasteiger partial charge in [-0.3, -0.25) is 9.59 Å². The second-order valence-electron chi connectivity index (χ2n) is 6.50. The van der Waals surface area contributed by atoms with Crippen molar-refractivity contribution in [3.63, 3.8) is 0 Å². The number of amides is 2. The Labute approximate surface area is 158 Å². The lowest BCUT2D eigenvalue weighted by molar-refractivity contribution is -0.118. The summed E-state index contributed by atoms with van der Waals surface area (Å²) >= 11 is 0. The van der Waals surface area contributed by atoms with E-state index in [0.29, 0.717) is 18.0 Å². The van der Waals surface area contributed by atoms with E-state index in [2.05, 4.69) is 10.6 Å². The Balaban J connectivity index is 1.42. The summed E-state index contributed by atoms with van der Waals surface area (Å²) in [5.41, 5.74) is 1.38. The molecule has 0 unspecified atom stereocenters. The molecule has 0 aliphatic heterocycles. The molecule has 27 heavy (non-hydrogen) atoms. The molecule has 0 aromatic heterocycles. The van der Waals surface area contributed by atoms with E-state index in [1.807, 2.05) is 19.1 Å². The Morgan fingerprint density at radius 2 is 1.44 bits per heavy atom. The van der Waals surface area contributed by atoms with Crippen molar-refractivity contribution in [1.29, 1.82) is 0 Å². The first-order valence-electron chi connectivity index (χ1n) is 9.20. The quantitative estimate of drug-likeness (QED) is 0.705. The van der Waals surface area contributed by atoms with E-state index in [1.54, 1.807) is 36.4 Å². The highest BCUT2D eigenvalue weighted by atomic mass is 16.5. The monoisotopic (exact) mass is 368 g/mol. The van der Waals surface area contributed by atoms with Crippen LogP contribution >= 0.6 is 0 Å². The van der Waals surface area contributed by atoms with Gasteiger partial charge in [0.1, 0.15) is 11.5 Å². The number of hydrogen-bond donors (Lipinski definition) is 2. The van der Waals surface area contributed by atoms with Crippen molar-refractivity contribution in [3.8, 4) is 11.5 Å². The van der Waals surface area contributed by atoms with Gasteiger partial charge >= 0.3 is 0 Å². The normalized spacial score (nSPS) is 12.9. The molecule has 1 aliphatic carbocycles. The van der Waals surface area contributed by atoms with Gasteiger partial charge in [-0.05, 0) is 67.8 Å². The number of carbonyl (C=O) groups is 2. The fourth-order valence-corrected chi connectivity index (χ4v) is 2.42. The molecule has 1 fully saturated rings. The van der Waals surface area contributed by atoms with Crippen molar-refractivity contribution in [3.05, 3.63) is 48.5 Å². The van der Waals surface area contributed by atoms with Crippen LogP contribution in [0.4, 0.5) is 11.4 Å². The van der Waals surface area contributed by atoms with Gasteiger partial charge in [-0.15, -0.1) is 0 Å². The number of anilines is 2. The van der Waals surface area contributed by atoms with Gasteiger partial charge in [0.2, 0.25) is 5.91 Å². The first-order chi connectivity index (χ1) is 13.1. The maximum atomic E-state index is 12.0. The number of nitrogens with one attached hydrogen (secondary N) is 2. The van der Waals surface area contributed by atoms with E-state index in [4.69, 9.17) is 9.47 Å². The average molecular weight is 368 g/mol. The summed E-state index contributed by atoms with van der Waals surface area (Å²) in [4.78, 5) is 23.7. The third-order valence-corrected chi connectivity index (χ3v) is 4.05. The first kappa shape index (κ1) is 18.8. The Bertz CT molecular complexity index is 768. The molecule has 6 nitrogen and oxygen atoms in total. The fraction of sp³-hybridized carbons (Fsp3) is 0.333. The zero-order valence-corrected chi connectivity index (χ0v) is 15.4. The molecular weight excluding hydrogens is 344 g/mol. The molecule has 2 amide bonds. The molecule has 2 N–H and O–H groups in total. The van der Waals surface area contributed by atoms with E-state index in [9.17, 15) is 9.59 Å². The van der Waals surface area contributed by atoms with Crippen LogP contribution in [-0.4, -0.2) is 25.0 Å². The fourth-order valence-electron chi connectivity index (χ4n) is 2.42. The standard InChI is InChI=1S/C21H24N2O4/c1-2-13-26-18-9-11-19(12-10-18)27-14-20(24)22-16-5-7-17(8-6-16)23-21(25)15-3-4-15/h5-12,15H,2-4,13-14H2,1H3,(H,22,24)(H,23,25). The highest BCUT2D eigenvalue weighted by Crippen LogP contribution is 2.30. The summed E-state index contributed by atoms with van der Waals surface area (Å²) in [5, 5.41) is 5.63. The summed E-state index contributed by atoms with van der Waals surface area (Å²) < 4.78 is 11.0. The Morgan fingerprint density at radius 3 is 2.00 bits per heavy atom. The Hall–Kier alpha value is -3.02. The molecule has 0 spiro atoms. The van der Waals surface area contributed by atoms with Crippen molar-refractivity contribution < 1.29 is 19.1 Å². The molecule has 0 bridgehead atoms. The van der Waals surface area contributed by atoms with Gasteiger partial charge in [-0.25, -0.2) is 0 Å². The van der Waals surface area contributed by atoms with Crippen LogP contribution in [0, 0.1) is 5.92 Å². The van der Waals surface area contributed by atoms with E-state index >= 15 is 0 Å². The highest BCUT2D eigenvalue weighted by Gasteiger charge is 2.29. The van der Waals surface area contributed by atoms with Crippen LogP contribution in [0.25, 0.3) is 0 Å². The van der Waals surface area contributed by atoms with Crippen molar-refractivity contribution >= 4 is 23.2 Å². The van der Waals surface area contributed by atoms with Crippen LogP contribution in [0.1, 0.15) is 26.2 Å². The SMILES string of the molecule is CCCOc1ccc(OCC(=O)Nc2ccc(NC(=O)C3CC3)cc2)cc1. The summed E-state index contributed by atoms with van der Waals surface area (Å²) in [7, 11) is 0. The summed E-state index contributed by atoms with van der Waals surface area (Å²) in [5.74, 6) is 1.35. The molecule has 142 valence electrons. The minimum absolute atomic E-state index is 0.0614. The Kier molecular flexibility index (Phi) is 6.30. The highest BCUT2D eigenvalue weighted by molar-refractivity contribution is 5.95. The summed E-state index contributed by atoms with van der Waals surface area (Å²) in [6.07, 6.45) is 2.88. The number of benzene rings is 2. The van der Waals surface area contributed by atoms with Crippen LogP contribution in [0.3, 0.4) is 0 Å². The molecule has 1 saturated carbocycles. The number of hydrogen-bond acceptors (Lipinski definition) is 4. The lowest BCUT2D eigenvalue weighted by Gasteiger charge is -2.10. The van der Waals surface area contributed by atoms with Crippen molar-refractivity contribution in [1.82, 2.24) is 0 Å². The maximum Gasteiger partial charge on any atom is 0.262 e. The largest absolute Gasteiger partial charge is 0.494 e. The molecule has 3 rings (SSSR count). The third kappa shape index (κ3) is 6.02. The number of ether oxygens (including phenoxy) is 2. The molecular formula is C21H24N2O4. The summed E-state index contributed by atoms with van der Waals surface area (Å²) in [6.45, 7) is 2.63. The second kappa shape index (κ2) is 9.07. The van der Waals surface area contributed by atoms with E-state index < -0.39 is 0 Å². The van der Waals surface area contributed by atoms with Crippen molar-refractivity contribution in [2.45, 2.75) is 26.2 Å². The minimum Gasteiger partial charge on any atom is -0.494 e. The predicted octanol–water partition coefficient (Wildman–Crippen LogP) is 3.84. The zero-order chi connectivity index (χ0) is 19.1. The van der Waals surface area contributed by atoms with Crippen LogP contribution in [-0.2, 0) is 9.59 Å². The Morgan fingerprint density at radius 1 is 0.889 bits per heavy atom. The maximum absolute atomic E-state index is 12.0. The third-order valence-electron chi connectivity index (χ3n) is 4.05. The molecule has 0 saturated heterocycles.